The number of hydrogen-bond donors (Lipinski definition) is 4. The van der Waals surface area contributed by atoms with Crippen LogP contribution in [0.1, 0.15) is 73.1 Å². The third-order valence-corrected chi connectivity index (χ3v) is 11.7. The van der Waals surface area contributed by atoms with E-state index in [9.17, 15) is 20.4 Å². The molecule has 6 heteroatoms. The van der Waals surface area contributed by atoms with Crippen LogP contribution in [0.25, 0.3) is 0 Å². The molecule has 2 heterocycles. The van der Waals surface area contributed by atoms with Crippen molar-refractivity contribution in [3.8, 4) is 0 Å². The Morgan fingerprint density at radius 2 is 1.80 bits per heavy atom. The molecule has 0 spiro atoms. The second-order valence-electron chi connectivity index (χ2n) is 13.5. The van der Waals surface area contributed by atoms with Crippen LogP contribution in [0, 0.1) is 40.4 Å². The van der Waals surface area contributed by atoms with Gasteiger partial charge in [-0.1, -0.05) is 39.8 Å². The van der Waals surface area contributed by atoms with Gasteiger partial charge in [-0.05, 0) is 85.2 Å². The van der Waals surface area contributed by atoms with Crippen molar-refractivity contribution in [2.24, 2.45) is 40.4 Å². The van der Waals surface area contributed by atoms with Crippen LogP contribution in [0.15, 0.2) is 23.3 Å². The molecule has 6 nitrogen and oxygen atoms in total. The summed E-state index contributed by atoms with van der Waals surface area (Å²) in [7, 11) is 0. The average molecular weight is 489 g/mol. The first kappa shape index (κ1) is 24.6. The van der Waals surface area contributed by atoms with Crippen molar-refractivity contribution in [3.05, 3.63) is 23.3 Å². The summed E-state index contributed by atoms with van der Waals surface area (Å²) >= 11 is 0. The van der Waals surface area contributed by atoms with E-state index in [2.05, 4.69) is 26.0 Å². The molecule has 13 atom stereocenters. The second kappa shape index (κ2) is 7.87. The fourth-order valence-electron chi connectivity index (χ4n) is 9.56. The molecule has 0 amide bonds. The summed E-state index contributed by atoms with van der Waals surface area (Å²) in [6.45, 7) is 10.5. The molecular formula is C29H44O6. The molecule has 4 N–H and O–H groups in total. The maximum Gasteiger partial charge on any atom is 0.160 e. The fourth-order valence-corrected chi connectivity index (χ4v) is 9.56. The van der Waals surface area contributed by atoms with E-state index in [0.717, 1.165) is 32.1 Å². The number of allylic oxidation sites excluding steroid dienone is 4. The minimum Gasteiger partial charge on any atom is -0.393 e. The van der Waals surface area contributed by atoms with Crippen molar-refractivity contribution >= 4 is 0 Å². The number of rotatable bonds is 2. The smallest absolute Gasteiger partial charge is 0.160 e. The average Bonchev–Trinajstić information content (AvgIpc) is 3.34. The highest BCUT2D eigenvalue weighted by Crippen LogP contribution is 2.66. The Balaban J connectivity index is 1.34. The van der Waals surface area contributed by atoms with Crippen LogP contribution >= 0.6 is 0 Å². The first-order valence-electron chi connectivity index (χ1n) is 13.9. The Morgan fingerprint density at radius 1 is 1.06 bits per heavy atom. The van der Waals surface area contributed by atoms with E-state index in [-0.39, 0.29) is 40.6 Å². The molecule has 35 heavy (non-hydrogen) atoms. The summed E-state index contributed by atoms with van der Waals surface area (Å²) in [5, 5.41) is 44.5. The van der Waals surface area contributed by atoms with Crippen molar-refractivity contribution < 1.29 is 29.9 Å². The van der Waals surface area contributed by atoms with Crippen LogP contribution in [0.4, 0.5) is 0 Å². The zero-order chi connectivity index (χ0) is 25.1. The molecule has 196 valence electrons. The van der Waals surface area contributed by atoms with Gasteiger partial charge in [0.15, 0.2) is 6.29 Å². The summed E-state index contributed by atoms with van der Waals surface area (Å²) in [6, 6.07) is 0. The van der Waals surface area contributed by atoms with E-state index in [4.69, 9.17) is 9.47 Å². The lowest BCUT2D eigenvalue weighted by Crippen LogP contribution is -2.51. The second-order valence-corrected chi connectivity index (χ2v) is 13.5. The molecule has 2 aliphatic heterocycles. The summed E-state index contributed by atoms with van der Waals surface area (Å²) in [6.07, 6.45) is 6.81. The van der Waals surface area contributed by atoms with Crippen molar-refractivity contribution in [1.29, 1.82) is 0 Å². The van der Waals surface area contributed by atoms with E-state index in [1.807, 2.05) is 20.8 Å². The molecule has 6 rings (SSSR count). The number of aliphatic hydroxyl groups excluding tert-OH is 3. The predicted octanol–water partition coefficient (Wildman–Crippen LogP) is 3.33. The molecule has 0 aromatic rings. The van der Waals surface area contributed by atoms with Crippen molar-refractivity contribution in [2.75, 3.05) is 0 Å². The normalized spacial score (nSPS) is 57.3. The van der Waals surface area contributed by atoms with E-state index in [1.165, 1.54) is 11.1 Å². The van der Waals surface area contributed by atoms with Crippen LogP contribution in [0.2, 0.25) is 0 Å². The third-order valence-electron chi connectivity index (χ3n) is 11.7. The SMILES string of the molecule is CC(C)[C@@]1(O)[C@@H](C)O[C@@H]2C([C@H]3[C@H](O)CC4C5=CCC6C[C@@H](O)CC[C@]6(C)C5=CC[C@@]43C)[C@H](O)O[C@@H]21. The van der Waals surface area contributed by atoms with Gasteiger partial charge in [0, 0.05) is 11.8 Å². The van der Waals surface area contributed by atoms with E-state index >= 15 is 0 Å². The summed E-state index contributed by atoms with van der Waals surface area (Å²) in [5.41, 5.74) is 1.54. The minimum atomic E-state index is -1.16. The highest BCUT2D eigenvalue weighted by Gasteiger charge is 2.69. The van der Waals surface area contributed by atoms with Gasteiger partial charge in [-0.25, -0.2) is 0 Å². The van der Waals surface area contributed by atoms with Gasteiger partial charge in [-0.3, -0.25) is 0 Å². The van der Waals surface area contributed by atoms with Gasteiger partial charge in [-0.2, -0.15) is 0 Å². The van der Waals surface area contributed by atoms with Gasteiger partial charge in [0.25, 0.3) is 0 Å². The molecule has 0 radical (unpaired) electrons. The lowest BCUT2D eigenvalue weighted by Gasteiger charge is -2.53. The highest BCUT2D eigenvalue weighted by molar-refractivity contribution is 5.47. The van der Waals surface area contributed by atoms with E-state index < -0.39 is 36.3 Å². The largest absolute Gasteiger partial charge is 0.393 e. The Labute approximate surface area is 209 Å². The molecular weight excluding hydrogens is 444 g/mol. The zero-order valence-corrected chi connectivity index (χ0v) is 21.9. The molecule has 0 aromatic carbocycles. The van der Waals surface area contributed by atoms with E-state index in [1.54, 1.807) is 0 Å². The Bertz CT molecular complexity index is 943. The topological polar surface area (TPSA) is 99.4 Å². The molecule has 3 unspecified atom stereocenters. The zero-order valence-electron chi connectivity index (χ0n) is 21.9. The first-order valence-corrected chi connectivity index (χ1v) is 13.9. The quantitative estimate of drug-likeness (QED) is 0.476. The Morgan fingerprint density at radius 3 is 2.51 bits per heavy atom. The summed E-state index contributed by atoms with van der Waals surface area (Å²) in [5.74, 6) is 0.0523. The van der Waals surface area contributed by atoms with Crippen LogP contribution in [0.3, 0.4) is 0 Å². The van der Waals surface area contributed by atoms with Gasteiger partial charge >= 0.3 is 0 Å². The van der Waals surface area contributed by atoms with Gasteiger partial charge < -0.3 is 29.9 Å². The standard InChI is InChI=1S/C29H44O6/c1-14(2)29(33)15(3)34-24-22(26(32)35-25(24)29)23-21(31)13-20-18-7-6-16-12-17(30)8-10-27(16,4)19(18)9-11-28(20,23)5/h7,9,14-17,20-26,30-33H,6,8,10-13H2,1-5H3/t15-,16?,17+,20?,21-,22?,23-,24-,25+,26-,27+,28+,29-/m1/s1. The van der Waals surface area contributed by atoms with Crippen LogP contribution < -0.4 is 0 Å². The lowest BCUT2D eigenvalue weighted by atomic mass is 9.51. The highest BCUT2D eigenvalue weighted by atomic mass is 16.7. The molecule has 2 saturated carbocycles. The molecule has 2 saturated heterocycles. The summed E-state index contributed by atoms with van der Waals surface area (Å²) < 4.78 is 12.4. The van der Waals surface area contributed by atoms with Crippen molar-refractivity contribution in [2.45, 2.75) is 116 Å². The number of ether oxygens (including phenoxy) is 2. The van der Waals surface area contributed by atoms with E-state index in [0.29, 0.717) is 12.3 Å². The third kappa shape index (κ3) is 3.10. The molecule has 0 aromatic heterocycles. The van der Waals surface area contributed by atoms with Gasteiger partial charge in [0.2, 0.25) is 0 Å². The van der Waals surface area contributed by atoms with Crippen LogP contribution in [-0.2, 0) is 9.47 Å². The molecule has 6 aliphatic rings. The fraction of sp³-hybridized carbons (Fsp3) is 0.862. The Hall–Kier alpha value is -0.760. The van der Waals surface area contributed by atoms with Gasteiger partial charge in [-0.15, -0.1) is 0 Å². The minimum absolute atomic E-state index is 0.0782. The number of hydrogen-bond acceptors (Lipinski definition) is 6. The van der Waals surface area contributed by atoms with Gasteiger partial charge in [0.05, 0.1) is 24.4 Å². The number of aliphatic hydroxyl groups is 4. The maximum atomic E-state index is 11.5. The van der Waals surface area contributed by atoms with Gasteiger partial charge in [0.1, 0.15) is 11.7 Å². The maximum absolute atomic E-state index is 11.5. The van der Waals surface area contributed by atoms with Crippen LogP contribution in [-0.4, -0.2) is 62.8 Å². The monoisotopic (exact) mass is 488 g/mol. The molecule has 4 fully saturated rings. The summed E-state index contributed by atoms with van der Waals surface area (Å²) in [4.78, 5) is 0. The van der Waals surface area contributed by atoms with Crippen molar-refractivity contribution in [1.82, 2.24) is 0 Å². The Kier molecular flexibility index (Phi) is 5.53. The molecule has 0 bridgehead atoms. The molecule has 4 aliphatic carbocycles. The first-order chi connectivity index (χ1) is 16.4. The van der Waals surface area contributed by atoms with Crippen LogP contribution in [0.5, 0.6) is 0 Å². The van der Waals surface area contributed by atoms with Crippen molar-refractivity contribution in [3.63, 3.8) is 0 Å². The lowest BCUT2D eigenvalue weighted by molar-refractivity contribution is -0.196. The predicted molar refractivity (Wildman–Crippen MR) is 131 cm³/mol. The number of fused-ring (bicyclic) bond motifs is 6.